The molecule has 0 radical (unpaired) electrons. The average Bonchev–Trinajstić information content (AvgIpc) is 2.69. The molecule has 0 aromatic heterocycles. The molecule has 1 aromatic rings. The molecule has 1 aliphatic heterocycles. The zero-order chi connectivity index (χ0) is 18.2. The maximum absolute atomic E-state index is 12.3. The zero-order valence-corrected chi connectivity index (χ0v) is 16.2. The number of amides is 1. The molecule has 144 valence electrons. The number of carbonyl (C=O) groups is 1. The number of benzene rings is 1. The van der Waals surface area contributed by atoms with Crippen LogP contribution in [-0.4, -0.2) is 37.0 Å². The van der Waals surface area contributed by atoms with Crippen LogP contribution in [-0.2, 0) is 11.3 Å². The fourth-order valence-electron chi connectivity index (χ4n) is 4.38. The van der Waals surface area contributed by atoms with E-state index in [9.17, 15) is 4.79 Å². The maximum atomic E-state index is 12.3. The van der Waals surface area contributed by atoms with Crippen molar-refractivity contribution in [2.75, 3.05) is 20.2 Å². The third-order valence-corrected chi connectivity index (χ3v) is 6.00. The van der Waals surface area contributed by atoms with Crippen molar-refractivity contribution in [3.63, 3.8) is 0 Å². The molecule has 0 spiro atoms. The van der Waals surface area contributed by atoms with E-state index in [0.717, 1.165) is 50.6 Å². The number of hydrogen-bond acceptors (Lipinski definition) is 3. The molecule has 1 N–H and O–H groups in total. The highest BCUT2D eigenvalue weighted by Crippen LogP contribution is 2.27. The maximum Gasteiger partial charge on any atom is 0.220 e. The summed E-state index contributed by atoms with van der Waals surface area (Å²) in [4.78, 5) is 14.7. The highest BCUT2D eigenvalue weighted by atomic mass is 16.5. The Morgan fingerprint density at radius 3 is 2.65 bits per heavy atom. The molecule has 2 aliphatic rings. The predicted molar refractivity (Wildman–Crippen MR) is 105 cm³/mol. The number of nitrogens with zero attached hydrogens (tertiary/aromatic N) is 1. The van der Waals surface area contributed by atoms with Crippen LogP contribution < -0.4 is 10.1 Å². The highest BCUT2D eigenvalue weighted by molar-refractivity contribution is 5.76. The van der Waals surface area contributed by atoms with Crippen molar-refractivity contribution in [1.82, 2.24) is 10.2 Å². The molecular formula is C22H34N2O2. The molecule has 1 heterocycles. The summed E-state index contributed by atoms with van der Waals surface area (Å²) in [5.41, 5.74) is 1.29. The van der Waals surface area contributed by atoms with E-state index in [1.807, 2.05) is 12.1 Å². The number of nitrogens with one attached hydrogen (secondary N) is 1. The molecule has 4 nitrogen and oxygen atoms in total. The van der Waals surface area contributed by atoms with E-state index in [1.165, 1.54) is 37.7 Å². The quantitative estimate of drug-likeness (QED) is 0.796. The van der Waals surface area contributed by atoms with E-state index >= 15 is 0 Å². The van der Waals surface area contributed by atoms with Crippen LogP contribution in [0.3, 0.4) is 0 Å². The summed E-state index contributed by atoms with van der Waals surface area (Å²) >= 11 is 0. The summed E-state index contributed by atoms with van der Waals surface area (Å²) in [6, 6.07) is 8.66. The van der Waals surface area contributed by atoms with Crippen LogP contribution in [0.1, 0.15) is 63.4 Å². The standard InChI is InChI=1S/C22H34N2O2/c1-26-21-9-5-8-19(16-21)17-24-14-12-20(13-15-24)23-22(25)11-10-18-6-3-2-4-7-18/h5,8-9,16,18,20H,2-4,6-7,10-15,17H2,1H3,(H,23,25). The van der Waals surface area contributed by atoms with Crippen LogP contribution in [0, 0.1) is 5.92 Å². The summed E-state index contributed by atoms with van der Waals surface area (Å²) in [6.45, 7) is 3.05. The van der Waals surface area contributed by atoms with Gasteiger partial charge in [-0.2, -0.15) is 0 Å². The first-order chi connectivity index (χ1) is 12.7. The number of likely N-dealkylation sites (tertiary alicyclic amines) is 1. The van der Waals surface area contributed by atoms with Gasteiger partial charge in [-0.3, -0.25) is 9.69 Å². The summed E-state index contributed by atoms with van der Waals surface area (Å²) in [5, 5.41) is 3.28. The number of piperidine rings is 1. The minimum absolute atomic E-state index is 0.266. The predicted octanol–water partition coefficient (Wildman–Crippen LogP) is 4.14. The summed E-state index contributed by atoms with van der Waals surface area (Å²) < 4.78 is 5.31. The van der Waals surface area contributed by atoms with Gasteiger partial charge in [-0.15, -0.1) is 0 Å². The molecule has 1 saturated heterocycles. The van der Waals surface area contributed by atoms with E-state index in [1.54, 1.807) is 7.11 Å². The molecule has 0 bridgehead atoms. The number of ether oxygens (including phenoxy) is 1. The Bertz CT molecular complexity index is 561. The van der Waals surface area contributed by atoms with Crippen molar-refractivity contribution >= 4 is 5.91 Å². The number of rotatable bonds is 7. The van der Waals surface area contributed by atoms with Gasteiger partial charge in [0.15, 0.2) is 0 Å². The first-order valence-corrected chi connectivity index (χ1v) is 10.4. The molecule has 4 heteroatoms. The minimum Gasteiger partial charge on any atom is -0.497 e. The minimum atomic E-state index is 0.266. The Hall–Kier alpha value is -1.55. The van der Waals surface area contributed by atoms with Crippen molar-refractivity contribution in [1.29, 1.82) is 0 Å². The second kappa shape index (κ2) is 9.96. The van der Waals surface area contributed by atoms with E-state index in [2.05, 4.69) is 22.3 Å². The molecule has 1 saturated carbocycles. The molecule has 2 fully saturated rings. The monoisotopic (exact) mass is 358 g/mol. The summed E-state index contributed by atoms with van der Waals surface area (Å²) in [5.74, 6) is 1.98. The van der Waals surface area contributed by atoms with Crippen LogP contribution in [0.25, 0.3) is 0 Å². The number of methoxy groups -OCH3 is 1. The van der Waals surface area contributed by atoms with E-state index in [0.29, 0.717) is 12.5 Å². The molecule has 0 atom stereocenters. The van der Waals surface area contributed by atoms with Gasteiger partial charge in [-0.05, 0) is 42.9 Å². The van der Waals surface area contributed by atoms with Gasteiger partial charge in [0.05, 0.1) is 7.11 Å². The second-order valence-corrected chi connectivity index (χ2v) is 8.01. The van der Waals surface area contributed by atoms with E-state index < -0.39 is 0 Å². The first kappa shape index (κ1) is 19.2. The van der Waals surface area contributed by atoms with Crippen LogP contribution in [0.5, 0.6) is 5.75 Å². The molecule has 1 amide bonds. The lowest BCUT2D eigenvalue weighted by molar-refractivity contribution is -0.122. The van der Waals surface area contributed by atoms with Crippen LogP contribution >= 0.6 is 0 Å². The largest absolute Gasteiger partial charge is 0.497 e. The lowest BCUT2D eigenvalue weighted by Gasteiger charge is -2.32. The molecule has 1 aromatic carbocycles. The Morgan fingerprint density at radius 1 is 1.15 bits per heavy atom. The lowest BCUT2D eigenvalue weighted by atomic mass is 9.86. The molecule has 1 aliphatic carbocycles. The van der Waals surface area contributed by atoms with Crippen molar-refractivity contribution < 1.29 is 9.53 Å². The van der Waals surface area contributed by atoms with Crippen LogP contribution in [0.15, 0.2) is 24.3 Å². The van der Waals surface area contributed by atoms with Gasteiger partial charge in [0, 0.05) is 32.1 Å². The third-order valence-electron chi connectivity index (χ3n) is 6.00. The second-order valence-electron chi connectivity index (χ2n) is 8.01. The van der Waals surface area contributed by atoms with E-state index in [-0.39, 0.29) is 5.91 Å². The van der Waals surface area contributed by atoms with Gasteiger partial charge < -0.3 is 10.1 Å². The van der Waals surface area contributed by atoms with Gasteiger partial charge in [0.25, 0.3) is 0 Å². The topological polar surface area (TPSA) is 41.6 Å². The van der Waals surface area contributed by atoms with Crippen molar-refractivity contribution in [2.24, 2.45) is 5.92 Å². The average molecular weight is 359 g/mol. The number of hydrogen-bond donors (Lipinski definition) is 1. The zero-order valence-electron chi connectivity index (χ0n) is 16.2. The highest BCUT2D eigenvalue weighted by Gasteiger charge is 2.21. The van der Waals surface area contributed by atoms with Gasteiger partial charge >= 0.3 is 0 Å². The lowest BCUT2D eigenvalue weighted by Crippen LogP contribution is -2.44. The number of carbonyl (C=O) groups excluding carboxylic acids is 1. The van der Waals surface area contributed by atoms with Gasteiger partial charge in [-0.25, -0.2) is 0 Å². The summed E-state index contributed by atoms with van der Waals surface area (Å²) in [6.07, 6.45) is 10.7. The normalized spacial score (nSPS) is 20.0. The smallest absolute Gasteiger partial charge is 0.220 e. The summed E-state index contributed by atoms with van der Waals surface area (Å²) in [7, 11) is 1.71. The van der Waals surface area contributed by atoms with Gasteiger partial charge in [0.2, 0.25) is 5.91 Å². The molecular weight excluding hydrogens is 324 g/mol. The molecule has 26 heavy (non-hydrogen) atoms. The first-order valence-electron chi connectivity index (χ1n) is 10.4. The molecule has 0 unspecified atom stereocenters. The fourth-order valence-corrected chi connectivity index (χ4v) is 4.38. The SMILES string of the molecule is COc1cccc(CN2CCC(NC(=O)CCC3CCCCC3)CC2)c1. The fraction of sp³-hybridized carbons (Fsp3) is 0.682. The van der Waals surface area contributed by atoms with Crippen molar-refractivity contribution in [2.45, 2.75) is 70.4 Å². The van der Waals surface area contributed by atoms with Crippen molar-refractivity contribution in [3.05, 3.63) is 29.8 Å². The molecule has 3 rings (SSSR count). The van der Waals surface area contributed by atoms with Crippen LogP contribution in [0.2, 0.25) is 0 Å². The Labute approximate surface area is 158 Å². The van der Waals surface area contributed by atoms with Gasteiger partial charge in [-0.1, -0.05) is 44.2 Å². The van der Waals surface area contributed by atoms with Crippen molar-refractivity contribution in [3.8, 4) is 5.75 Å². The Morgan fingerprint density at radius 2 is 1.92 bits per heavy atom. The Kier molecular flexibility index (Phi) is 7.36. The van der Waals surface area contributed by atoms with E-state index in [4.69, 9.17) is 4.74 Å². The van der Waals surface area contributed by atoms with Crippen LogP contribution in [0.4, 0.5) is 0 Å². The Balaban J connectivity index is 1.34. The van der Waals surface area contributed by atoms with Gasteiger partial charge in [0.1, 0.15) is 5.75 Å². The third kappa shape index (κ3) is 6.01.